The van der Waals surface area contributed by atoms with Crippen molar-refractivity contribution in [2.24, 2.45) is 0 Å². The number of halogens is 2. The van der Waals surface area contributed by atoms with E-state index < -0.39 is 12.0 Å². The van der Waals surface area contributed by atoms with E-state index in [-0.39, 0.29) is 5.82 Å². The first-order valence-corrected chi connectivity index (χ1v) is 7.10. The Morgan fingerprint density at radius 3 is 2.73 bits per heavy atom. The van der Waals surface area contributed by atoms with Crippen LogP contribution in [0.3, 0.4) is 0 Å². The van der Waals surface area contributed by atoms with Gasteiger partial charge in [-0.15, -0.1) is 0 Å². The van der Waals surface area contributed by atoms with E-state index in [2.05, 4.69) is 10.4 Å². The number of aliphatic hydroxyl groups excluding tert-OH is 1. The van der Waals surface area contributed by atoms with Gasteiger partial charge >= 0.3 is 0 Å². The zero-order valence-electron chi connectivity index (χ0n) is 11.3. The van der Waals surface area contributed by atoms with Gasteiger partial charge in [0, 0.05) is 22.3 Å². The maximum Gasteiger partial charge on any atom is 0.259 e. The molecule has 0 aliphatic carbocycles. The summed E-state index contributed by atoms with van der Waals surface area (Å²) in [7, 11) is 0. The van der Waals surface area contributed by atoms with Gasteiger partial charge in [-0.2, -0.15) is 10.4 Å². The number of aryl methyl sites for hydroxylation is 1. The number of aliphatic hydroxyl groups is 1. The number of benzene rings is 1. The molecule has 1 aromatic heterocycles. The fraction of sp³-hybridized carbons (Fsp3) is 0.214. The number of aromatic nitrogens is 2. The van der Waals surface area contributed by atoms with Crippen LogP contribution in [-0.2, 0) is 11.3 Å². The average molecular weight is 339 g/mol. The molecule has 1 heterocycles. The molecule has 0 unspecified atom stereocenters. The summed E-state index contributed by atoms with van der Waals surface area (Å²) in [6, 6.07) is 8.01. The number of nitrogens with one attached hydrogen (secondary N) is 1. The minimum atomic E-state index is -1.42. The van der Waals surface area contributed by atoms with Gasteiger partial charge in [0.15, 0.2) is 11.9 Å². The lowest BCUT2D eigenvalue weighted by Crippen LogP contribution is -2.21. The van der Waals surface area contributed by atoms with Crippen molar-refractivity contribution in [3.8, 4) is 6.07 Å². The van der Waals surface area contributed by atoms with Gasteiger partial charge in [-0.25, -0.2) is 0 Å². The Hall–Kier alpha value is -2.07. The summed E-state index contributed by atoms with van der Waals surface area (Å²) in [4.78, 5) is 12.0. The Kier molecular flexibility index (Phi) is 5.39. The highest BCUT2D eigenvalue weighted by molar-refractivity contribution is 6.34. The third-order valence-electron chi connectivity index (χ3n) is 2.79. The molecule has 0 bridgehead atoms. The molecule has 0 saturated heterocycles. The predicted molar refractivity (Wildman–Crippen MR) is 82.5 cm³/mol. The second-order valence-corrected chi connectivity index (χ2v) is 5.34. The zero-order valence-corrected chi connectivity index (χ0v) is 12.8. The normalized spacial score (nSPS) is 11.7. The van der Waals surface area contributed by atoms with Crippen LogP contribution in [-0.4, -0.2) is 20.8 Å². The molecule has 0 aliphatic heterocycles. The Balaban J connectivity index is 2.05. The van der Waals surface area contributed by atoms with Crippen LogP contribution in [0.5, 0.6) is 0 Å². The first kappa shape index (κ1) is 16.3. The van der Waals surface area contributed by atoms with Crippen molar-refractivity contribution in [3.05, 3.63) is 46.1 Å². The first-order chi connectivity index (χ1) is 10.5. The number of rotatable bonds is 5. The molecule has 1 aromatic carbocycles. The summed E-state index contributed by atoms with van der Waals surface area (Å²) in [5.41, 5.74) is 0.291. The van der Waals surface area contributed by atoms with E-state index in [4.69, 9.17) is 28.5 Å². The third kappa shape index (κ3) is 4.21. The van der Waals surface area contributed by atoms with Crippen LogP contribution in [0.4, 0.5) is 5.82 Å². The third-order valence-corrected chi connectivity index (χ3v) is 3.23. The van der Waals surface area contributed by atoms with E-state index >= 15 is 0 Å². The highest BCUT2D eigenvalue weighted by Gasteiger charge is 2.19. The molecule has 1 atom stereocenters. The van der Waals surface area contributed by atoms with Crippen LogP contribution in [0.2, 0.25) is 10.0 Å². The Morgan fingerprint density at radius 1 is 1.41 bits per heavy atom. The SMILES string of the molecule is N#CCCn1ccc(NC(=O)[C@@H](O)c2cc(Cl)cc(Cl)c2)n1. The van der Waals surface area contributed by atoms with Gasteiger partial charge in [-0.05, 0) is 23.8 Å². The van der Waals surface area contributed by atoms with Crippen molar-refractivity contribution < 1.29 is 9.90 Å². The number of nitriles is 1. The van der Waals surface area contributed by atoms with E-state index in [1.54, 1.807) is 12.3 Å². The van der Waals surface area contributed by atoms with Crippen molar-refractivity contribution >= 4 is 34.9 Å². The molecular formula is C14H12Cl2N4O2. The minimum absolute atomic E-state index is 0.287. The Bertz CT molecular complexity index is 704. The summed E-state index contributed by atoms with van der Waals surface area (Å²) in [5, 5.41) is 25.8. The Morgan fingerprint density at radius 2 is 2.09 bits per heavy atom. The van der Waals surface area contributed by atoms with Gasteiger partial charge in [0.25, 0.3) is 5.91 Å². The van der Waals surface area contributed by atoms with E-state index in [1.807, 2.05) is 6.07 Å². The molecule has 6 nitrogen and oxygen atoms in total. The summed E-state index contributed by atoms with van der Waals surface area (Å²) in [6.45, 7) is 0.429. The number of carbonyl (C=O) groups is 1. The standard InChI is InChI=1S/C14H12Cl2N4O2/c15-10-6-9(7-11(16)8-10)13(21)14(22)18-12-2-5-20(19-12)4-1-3-17/h2,5-8,13,21H,1,4H2,(H,18,19,22)/t13-/m0/s1. The summed E-state index contributed by atoms with van der Waals surface area (Å²) in [6.07, 6.45) is 0.536. The van der Waals surface area contributed by atoms with Gasteiger partial charge < -0.3 is 10.4 Å². The van der Waals surface area contributed by atoms with E-state index in [1.165, 1.54) is 22.9 Å². The van der Waals surface area contributed by atoms with Gasteiger partial charge in [-0.1, -0.05) is 23.2 Å². The monoisotopic (exact) mass is 338 g/mol. The average Bonchev–Trinajstić information content (AvgIpc) is 2.90. The molecule has 2 N–H and O–H groups in total. The summed E-state index contributed by atoms with van der Waals surface area (Å²) < 4.78 is 1.53. The van der Waals surface area contributed by atoms with Crippen LogP contribution in [0.15, 0.2) is 30.5 Å². The molecule has 0 spiro atoms. The molecule has 0 saturated carbocycles. The maximum atomic E-state index is 12.0. The second-order valence-electron chi connectivity index (χ2n) is 4.47. The fourth-order valence-electron chi connectivity index (χ4n) is 1.80. The molecule has 22 heavy (non-hydrogen) atoms. The van der Waals surface area contributed by atoms with Crippen LogP contribution >= 0.6 is 23.2 Å². The lowest BCUT2D eigenvalue weighted by atomic mass is 10.1. The zero-order chi connectivity index (χ0) is 16.1. The molecule has 114 valence electrons. The number of hydrogen-bond donors (Lipinski definition) is 2. The molecule has 2 rings (SSSR count). The minimum Gasteiger partial charge on any atom is -0.378 e. The quantitative estimate of drug-likeness (QED) is 0.876. The number of hydrogen-bond acceptors (Lipinski definition) is 4. The van der Waals surface area contributed by atoms with Crippen molar-refractivity contribution in [3.63, 3.8) is 0 Å². The molecular weight excluding hydrogens is 327 g/mol. The van der Waals surface area contributed by atoms with Crippen LogP contribution in [0.1, 0.15) is 18.1 Å². The molecule has 2 aromatic rings. The van der Waals surface area contributed by atoms with E-state index in [9.17, 15) is 9.90 Å². The van der Waals surface area contributed by atoms with Crippen molar-refractivity contribution in [2.75, 3.05) is 5.32 Å². The predicted octanol–water partition coefficient (Wildman–Crippen LogP) is 2.78. The second kappa shape index (κ2) is 7.27. The molecule has 0 radical (unpaired) electrons. The largest absolute Gasteiger partial charge is 0.378 e. The lowest BCUT2D eigenvalue weighted by Gasteiger charge is -2.11. The number of amides is 1. The van der Waals surface area contributed by atoms with Crippen molar-refractivity contribution in [2.45, 2.75) is 19.1 Å². The first-order valence-electron chi connectivity index (χ1n) is 6.35. The Labute approximate surface area is 136 Å². The van der Waals surface area contributed by atoms with Gasteiger partial charge in [-0.3, -0.25) is 9.48 Å². The van der Waals surface area contributed by atoms with Crippen molar-refractivity contribution in [1.29, 1.82) is 5.26 Å². The van der Waals surface area contributed by atoms with Gasteiger partial charge in [0.2, 0.25) is 0 Å². The number of anilines is 1. The fourth-order valence-corrected chi connectivity index (χ4v) is 2.34. The number of nitrogens with zero attached hydrogens (tertiary/aromatic N) is 3. The maximum absolute atomic E-state index is 12.0. The van der Waals surface area contributed by atoms with Gasteiger partial charge in [0.1, 0.15) is 0 Å². The molecule has 0 fully saturated rings. The topological polar surface area (TPSA) is 90.9 Å². The van der Waals surface area contributed by atoms with E-state index in [0.29, 0.717) is 28.6 Å². The van der Waals surface area contributed by atoms with Crippen molar-refractivity contribution in [1.82, 2.24) is 9.78 Å². The highest BCUT2D eigenvalue weighted by Crippen LogP contribution is 2.24. The highest BCUT2D eigenvalue weighted by atomic mass is 35.5. The van der Waals surface area contributed by atoms with Crippen LogP contribution in [0, 0.1) is 11.3 Å². The lowest BCUT2D eigenvalue weighted by molar-refractivity contribution is -0.124. The molecule has 1 amide bonds. The molecule has 0 aliphatic rings. The van der Waals surface area contributed by atoms with Gasteiger partial charge in [0.05, 0.1) is 19.0 Å². The summed E-state index contributed by atoms with van der Waals surface area (Å²) in [5.74, 6) is -0.362. The van der Waals surface area contributed by atoms with Crippen LogP contribution < -0.4 is 5.32 Å². The van der Waals surface area contributed by atoms with E-state index in [0.717, 1.165) is 0 Å². The molecule has 8 heteroatoms. The van der Waals surface area contributed by atoms with Crippen LogP contribution in [0.25, 0.3) is 0 Å². The summed E-state index contributed by atoms with van der Waals surface area (Å²) >= 11 is 11.7. The smallest absolute Gasteiger partial charge is 0.259 e. The number of carbonyl (C=O) groups excluding carboxylic acids is 1.